The molecular weight excluding hydrogens is 302 g/mol. The van der Waals surface area contributed by atoms with Gasteiger partial charge in [-0.25, -0.2) is 0 Å². The molecule has 0 aliphatic carbocycles. The molecule has 0 aromatic heterocycles. The van der Waals surface area contributed by atoms with Gasteiger partial charge in [-0.3, -0.25) is 0 Å². The van der Waals surface area contributed by atoms with Gasteiger partial charge in [0.1, 0.15) is 5.75 Å². The monoisotopic (exact) mass is 327 g/mol. The highest BCUT2D eigenvalue weighted by molar-refractivity contribution is 9.10. The van der Waals surface area contributed by atoms with Crippen LogP contribution in [0.5, 0.6) is 5.75 Å². The Labute approximate surface area is 126 Å². The van der Waals surface area contributed by atoms with Gasteiger partial charge in [0.25, 0.3) is 0 Å². The number of ether oxygens (including phenoxy) is 1. The van der Waals surface area contributed by atoms with E-state index in [2.05, 4.69) is 47.2 Å². The van der Waals surface area contributed by atoms with Gasteiger partial charge in [0, 0.05) is 12.1 Å². The molecule has 3 heteroatoms. The Morgan fingerprint density at radius 2 is 1.95 bits per heavy atom. The molecule has 0 radical (unpaired) electrons. The maximum atomic E-state index is 5.96. The van der Waals surface area contributed by atoms with Crippen LogP contribution >= 0.6 is 15.9 Å². The number of hydrogen-bond donors (Lipinski definition) is 1. The van der Waals surface area contributed by atoms with Gasteiger partial charge in [0.05, 0.1) is 11.1 Å². The Morgan fingerprint density at radius 3 is 2.68 bits per heavy atom. The molecule has 108 valence electrons. The summed E-state index contributed by atoms with van der Waals surface area (Å²) in [5.41, 5.74) is 1.23. The van der Waals surface area contributed by atoms with Crippen LogP contribution in [0.15, 0.2) is 22.7 Å². The highest BCUT2D eigenvalue weighted by atomic mass is 79.9. The first kappa shape index (κ1) is 16.5. The van der Waals surface area contributed by atoms with Gasteiger partial charge in [-0.1, -0.05) is 45.2 Å². The van der Waals surface area contributed by atoms with E-state index >= 15 is 0 Å². The molecule has 1 rings (SSSR count). The van der Waals surface area contributed by atoms with Crippen LogP contribution in [-0.4, -0.2) is 13.2 Å². The van der Waals surface area contributed by atoms with Crippen molar-refractivity contribution in [3.8, 4) is 5.75 Å². The normalized spacial score (nSPS) is 10.7. The average Bonchev–Trinajstić information content (AvgIpc) is 2.41. The number of benzene rings is 1. The molecule has 1 N–H and O–H groups in total. The van der Waals surface area contributed by atoms with Crippen molar-refractivity contribution in [2.75, 3.05) is 13.2 Å². The second-order valence-corrected chi connectivity index (χ2v) is 5.67. The predicted molar refractivity (Wildman–Crippen MR) is 85.8 cm³/mol. The van der Waals surface area contributed by atoms with E-state index in [0.29, 0.717) is 0 Å². The van der Waals surface area contributed by atoms with Crippen molar-refractivity contribution in [3.05, 3.63) is 28.2 Å². The Kier molecular flexibility index (Phi) is 8.93. The molecular formula is C16H26BrNO. The second-order valence-electron chi connectivity index (χ2n) is 4.81. The molecule has 19 heavy (non-hydrogen) atoms. The van der Waals surface area contributed by atoms with Crippen molar-refractivity contribution in [3.63, 3.8) is 0 Å². The van der Waals surface area contributed by atoms with E-state index in [1.54, 1.807) is 0 Å². The molecule has 0 saturated carbocycles. The summed E-state index contributed by atoms with van der Waals surface area (Å²) in [5.74, 6) is 1.00. The van der Waals surface area contributed by atoms with E-state index in [4.69, 9.17) is 4.74 Å². The fourth-order valence-electron chi connectivity index (χ4n) is 1.96. The molecule has 1 aromatic rings. The maximum Gasteiger partial charge on any atom is 0.137 e. The van der Waals surface area contributed by atoms with Gasteiger partial charge >= 0.3 is 0 Å². The summed E-state index contributed by atoms with van der Waals surface area (Å²) < 4.78 is 7.01. The summed E-state index contributed by atoms with van der Waals surface area (Å²) in [7, 11) is 0. The zero-order valence-corrected chi connectivity index (χ0v) is 13.8. The Balaban J connectivity index is 2.49. The van der Waals surface area contributed by atoms with E-state index in [1.165, 1.54) is 24.8 Å². The largest absolute Gasteiger partial charge is 0.492 e. The number of nitrogens with one attached hydrogen (secondary N) is 1. The van der Waals surface area contributed by atoms with Crippen molar-refractivity contribution in [1.29, 1.82) is 0 Å². The first-order valence-electron chi connectivity index (χ1n) is 7.40. The second kappa shape index (κ2) is 10.3. The molecule has 0 aliphatic rings. The van der Waals surface area contributed by atoms with Crippen molar-refractivity contribution in [2.45, 2.75) is 52.5 Å². The van der Waals surface area contributed by atoms with Crippen LogP contribution in [0.1, 0.15) is 51.5 Å². The molecule has 1 aromatic carbocycles. The zero-order chi connectivity index (χ0) is 13.9. The van der Waals surface area contributed by atoms with Gasteiger partial charge in [0.2, 0.25) is 0 Å². The number of hydrogen-bond acceptors (Lipinski definition) is 2. The van der Waals surface area contributed by atoms with Crippen LogP contribution in [0.4, 0.5) is 0 Å². The van der Waals surface area contributed by atoms with Crippen LogP contribution in [-0.2, 0) is 6.54 Å². The van der Waals surface area contributed by atoms with Crippen LogP contribution in [0.25, 0.3) is 0 Å². The molecule has 0 bridgehead atoms. The van der Waals surface area contributed by atoms with Crippen LogP contribution in [0.3, 0.4) is 0 Å². The molecule has 0 aliphatic heterocycles. The van der Waals surface area contributed by atoms with E-state index in [9.17, 15) is 0 Å². The first-order valence-corrected chi connectivity index (χ1v) is 8.19. The van der Waals surface area contributed by atoms with Gasteiger partial charge in [-0.15, -0.1) is 0 Å². The average molecular weight is 328 g/mol. The minimum absolute atomic E-state index is 0.809. The molecule has 0 spiro atoms. The fraction of sp³-hybridized carbons (Fsp3) is 0.625. The summed E-state index contributed by atoms with van der Waals surface area (Å²) in [6.45, 7) is 7.13. The third kappa shape index (κ3) is 6.44. The number of unbranched alkanes of at least 4 members (excludes halogenated alkanes) is 3. The van der Waals surface area contributed by atoms with E-state index in [0.717, 1.165) is 42.8 Å². The Hall–Kier alpha value is -0.540. The molecule has 0 atom stereocenters. The van der Waals surface area contributed by atoms with Crippen LogP contribution in [0, 0.1) is 0 Å². The number of rotatable bonds is 10. The topological polar surface area (TPSA) is 21.3 Å². The summed E-state index contributed by atoms with van der Waals surface area (Å²) in [4.78, 5) is 0. The lowest BCUT2D eigenvalue weighted by molar-refractivity contribution is 0.299. The highest BCUT2D eigenvalue weighted by Crippen LogP contribution is 2.29. The summed E-state index contributed by atoms with van der Waals surface area (Å²) in [6, 6.07) is 6.25. The minimum atomic E-state index is 0.809. The van der Waals surface area contributed by atoms with E-state index in [-0.39, 0.29) is 0 Å². The fourth-order valence-corrected chi connectivity index (χ4v) is 2.48. The van der Waals surface area contributed by atoms with Crippen molar-refractivity contribution < 1.29 is 4.74 Å². The lowest BCUT2D eigenvalue weighted by atomic mass is 10.2. The van der Waals surface area contributed by atoms with Crippen molar-refractivity contribution in [2.24, 2.45) is 0 Å². The quantitative estimate of drug-likeness (QED) is 0.616. The van der Waals surface area contributed by atoms with E-state index < -0.39 is 0 Å². The Morgan fingerprint density at radius 1 is 1.11 bits per heavy atom. The van der Waals surface area contributed by atoms with Gasteiger partial charge < -0.3 is 10.1 Å². The molecule has 2 nitrogen and oxygen atoms in total. The van der Waals surface area contributed by atoms with Crippen LogP contribution in [0.2, 0.25) is 0 Å². The first-order chi connectivity index (χ1) is 9.29. The smallest absolute Gasteiger partial charge is 0.137 e. The third-order valence-corrected chi connectivity index (χ3v) is 3.66. The van der Waals surface area contributed by atoms with Crippen molar-refractivity contribution >= 4 is 15.9 Å². The third-order valence-electron chi connectivity index (χ3n) is 3.04. The van der Waals surface area contributed by atoms with Gasteiger partial charge in [-0.2, -0.15) is 0 Å². The summed E-state index contributed by atoms with van der Waals surface area (Å²) in [5, 5.41) is 3.43. The zero-order valence-electron chi connectivity index (χ0n) is 12.2. The van der Waals surface area contributed by atoms with Crippen LogP contribution < -0.4 is 10.1 Å². The number of halogens is 1. The predicted octanol–water partition coefficient (Wildman–Crippen LogP) is 4.91. The minimum Gasteiger partial charge on any atom is -0.492 e. The summed E-state index contributed by atoms with van der Waals surface area (Å²) >= 11 is 3.59. The Bertz CT molecular complexity index is 355. The lowest BCUT2D eigenvalue weighted by Crippen LogP contribution is -2.15. The molecule has 0 amide bonds. The van der Waals surface area contributed by atoms with E-state index in [1.807, 2.05) is 6.07 Å². The van der Waals surface area contributed by atoms with Crippen molar-refractivity contribution in [1.82, 2.24) is 5.32 Å². The summed E-state index contributed by atoms with van der Waals surface area (Å²) in [6.07, 6.45) is 6.11. The lowest BCUT2D eigenvalue weighted by Gasteiger charge is -2.14. The molecule has 0 saturated heterocycles. The molecule has 0 heterocycles. The van der Waals surface area contributed by atoms with Gasteiger partial charge in [0.15, 0.2) is 0 Å². The van der Waals surface area contributed by atoms with Gasteiger partial charge in [-0.05, 0) is 41.4 Å². The molecule has 0 unspecified atom stereocenters. The number of para-hydroxylation sites is 1. The highest BCUT2D eigenvalue weighted by Gasteiger charge is 2.07. The SMILES string of the molecule is CCCCCCOc1c(Br)cccc1CNCCC. The standard InChI is InChI=1S/C16H26BrNO/c1-3-5-6-7-12-19-16-14(13-18-11-4-2)9-8-10-15(16)17/h8-10,18H,3-7,11-13H2,1-2H3. The maximum absolute atomic E-state index is 5.96. The molecule has 0 fully saturated rings.